The normalized spacial score (nSPS) is 10.8. The minimum atomic E-state index is -0.125. The van der Waals surface area contributed by atoms with E-state index in [2.05, 4.69) is 15.3 Å². The molecule has 0 saturated carbocycles. The summed E-state index contributed by atoms with van der Waals surface area (Å²) in [5, 5.41) is 2.79. The average molecular weight is 207 g/mol. The van der Waals surface area contributed by atoms with E-state index in [4.69, 9.17) is 0 Å². The molecule has 0 aliphatic carbocycles. The maximum atomic E-state index is 11.5. The molecule has 1 rings (SSSR count). The molecule has 0 atom stereocenters. The number of carbonyl (C=O) groups excluding carboxylic acids is 1. The van der Waals surface area contributed by atoms with E-state index in [9.17, 15) is 4.79 Å². The summed E-state index contributed by atoms with van der Waals surface area (Å²) in [6.07, 6.45) is 3.14. The second-order valence-corrected chi connectivity index (χ2v) is 4.11. The minimum absolute atomic E-state index is 0.125. The number of nitrogens with zero attached hydrogens (tertiary/aromatic N) is 2. The van der Waals surface area contributed by atoms with Crippen molar-refractivity contribution >= 4 is 5.91 Å². The third kappa shape index (κ3) is 3.31. The fourth-order valence-corrected chi connectivity index (χ4v) is 1.10. The average Bonchev–Trinajstić information content (AvgIpc) is 2.17. The van der Waals surface area contributed by atoms with Crippen LogP contribution >= 0.6 is 0 Å². The summed E-state index contributed by atoms with van der Waals surface area (Å²) in [6.45, 7) is 7.87. The van der Waals surface area contributed by atoms with Crippen molar-refractivity contribution < 1.29 is 4.79 Å². The Bertz CT molecular complexity index is 330. The van der Waals surface area contributed by atoms with Gasteiger partial charge in [0.2, 0.25) is 0 Å². The topological polar surface area (TPSA) is 54.9 Å². The molecule has 1 aromatic heterocycles. The zero-order chi connectivity index (χ0) is 11.4. The van der Waals surface area contributed by atoms with E-state index in [1.165, 1.54) is 0 Å². The monoisotopic (exact) mass is 207 g/mol. The Balaban J connectivity index is 2.75. The fourth-order valence-electron chi connectivity index (χ4n) is 1.10. The lowest BCUT2D eigenvalue weighted by molar-refractivity contribution is 0.0942. The SMILES string of the molecule is CC(C)NC(=O)c1cnc(C(C)C)nc1. The molecule has 1 amide bonds. The van der Waals surface area contributed by atoms with Crippen molar-refractivity contribution in [2.24, 2.45) is 0 Å². The lowest BCUT2D eigenvalue weighted by atomic mass is 10.2. The highest BCUT2D eigenvalue weighted by Gasteiger charge is 2.09. The summed E-state index contributed by atoms with van der Waals surface area (Å²) in [7, 11) is 0. The van der Waals surface area contributed by atoms with Crippen LogP contribution in [0.5, 0.6) is 0 Å². The Hall–Kier alpha value is -1.45. The number of hydrogen-bond acceptors (Lipinski definition) is 3. The predicted octanol–water partition coefficient (Wildman–Crippen LogP) is 1.74. The van der Waals surface area contributed by atoms with Crippen LogP contribution in [-0.2, 0) is 0 Å². The maximum absolute atomic E-state index is 11.5. The van der Waals surface area contributed by atoms with Gasteiger partial charge in [0, 0.05) is 24.4 Å². The first-order valence-electron chi connectivity index (χ1n) is 5.13. The zero-order valence-corrected chi connectivity index (χ0v) is 9.61. The van der Waals surface area contributed by atoms with Gasteiger partial charge in [0.15, 0.2) is 0 Å². The van der Waals surface area contributed by atoms with Crippen LogP contribution in [0.25, 0.3) is 0 Å². The first-order valence-corrected chi connectivity index (χ1v) is 5.13. The Morgan fingerprint density at radius 3 is 2.13 bits per heavy atom. The van der Waals surface area contributed by atoms with Gasteiger partial charge < -0.3 is 5.32 Å². The van der Waals surface area contributed by atoms with Crippen LogP contribution in [0.3, 0.4) is 0 Å². The number of hydrogen-bond donors (Lipinski definition) is 1. The van der Waals surface area contributed by atoms with Crippen LogP contribution in [0.15, 0.2) is 12.4 Å². The van der Waals surface area contributed by atoms with E-state index in [0.29, 0.717) is 5.56 Å². The van der Waals surface area contributed by atoms with Gasteiger partial charge in [0.1, 0.15) is 5.82 Å². The van der Waals surface area contributed by atoms with Crippen LogP contribution in [0.2, 0.25) is 0 Å². The largest absolute Gasteiger partial charge is 0.350 e. The smallest absolute Gasteiger partial charge is 0.254 e. The van der Waals surface area contributed by atoms with Crippen molar-refractivity contribution in [2.75, 3.05) is 0 Å². The molecule has 15 heavy (non-hydrogen) atoms. The fraction of sp³-hybridized carbons (Fsp3) is 0.545. The number of aromatic nitrogens is 2. The Labute approximate surface area is 90.1 Å². The van der Waals surface area contributed by atoms with E-state index < -0.39 is 0 Å². The van der Waals surface area contributed by atoms with Crippen LogP contribution < -0.4 is 5.32 Å². The first kappa shape index (κ1) is 11.6. The van der Waals surface area contributed by atoms with Crippen LogP contribution in [0.4, 0.5) is 0 Å². The van der Waals surface area contributed by atoms with Gasteiger partial charge in [-0.15, -0.1) is 0 Å². The van der Waals surface area contributed by atoms with Gasteiger partial charge >= 0.3 is 0 Å². The van der Waals surface area contributed by atoms with Gasteiger partial charge in [-0.1, -0.05) is 13.8 Å². The van der Waals surface area contributed by atoms with Crippen molar-refractivity contribution in [1.82, 2.24) is 15.3 Å². The molecule has 0 radical (unpaired) electrons. The van der Waals surface area contributed by atoms with Gasteiger partial charge in [-0.25, -0.2) is 9.97 Å². The second kappa shape index (κ2) is 4.87. The van der Waals surface area contributed by atoms with Crippen molar-refractivity contribution in [3.8, 4) is 0 Å². The predicted molar refractivity (Wildman–Crippen MR) is 58.7 cm³/mol. The number of carbonyl (C=O) groups is 1. The molecule has 4 nitrogen and oxygen atoms in total. The molecule has 0 fully saturated rings. The lowest BCUT2D eigenvalue weighted by Gasteiger charge is -2.08. The van der Waals surface area contributed by atoms with Gasteiger partial charge in [-0.05, 0) is 13.8 Å². The Morgan fingerprint density at radius 1 is 1.20 bits per heavy atom. The van der Waals surface area contributed by atoms with Crippen molar-refractivity contribution in [1.29, 1.82) is 0 Å². The van der Waals surface area contributed by atoms with Gasteiger partial charge in [0.25, 0.3) is 5.91 Å². The molecular formula is C11H17N3O. The maximum Gasteiger partial charge on any atom is 0.254 e. The van der Waals surface area contributed by atoms with E-state index in [1.54, 1.807) is 12.4 Å². The molecular weight excluding hydrogens is 190 g/mol. The highest BCUT2D eigenvalue weighted by atomic mass is 16.1. The summed E-state index contributed by atoms with van der Waals surface area (Å²) in [4.78, 5) is 19.8. The molecule has 0 bridgehead atoms. The van der Waals surface area contributed by atoms with Crippen LogP contribution in [0, 0.1) is 0 Å². The molecule has 1 N–H and O–H groups in total. The lowest BCUT2D eigenvalue weighted by Crippen LogP contribution is -2.30. The molecule has 0 spiro atoms. The van der Waals surface area contributed by atoms with E-state index in [1.807, 2.05) is 27.7 Å². The first-order chi connectivity index (χ1) is 7.00. The summed E-state index contributed by atoms with van der Waals surface area (Å²) in [5.41, 5.74) is 0.508. The Kier molecular flexibility index (Phi) is 3.77. The minimum Gasteiger partial charge on any atom is -0.350 e. The van der Waals surface area contributed by atoms with Crippen molar-refractivity contribution in [3.05, 3.63) is 23.8 Å². The summed E-state index contributed by atoms with van der Waals surface area (Å²) < 4.78 is 0. The molecule has 0 aliphatic heterocycles. The van der Waals surface area contributed by atoms with Crippen LogP contribution in [0.1, 0.15) is 49.8 Å². The van der Waals surface area contributed by atoms with Crippen molar-refractivity contribution in [3.63, 3.8) is 0 Å². The number of amides is 1. The number of nitrogens with one attached hydrogen (secondary N) is 1. The molecule has 4 heteroatoms. The molecule has 0 aliphatic rings. The van der Waals surface area contributed by atoms with Crippen LogP contribution in [-0.4, -0.2) is 21.9 Å². The van der Waals surface area contributed by atoms with Gasteiger partial charge in [0.05, 0.1) is 5.56 Å². The highest BCUT2D eigenvalue weighted by Crippen LogP contribution is 2.07. The molecule has 0 aromatic carbocycles. The van der Waals surface area contributed by atoms with Gasteiger partial charge in [-0.3, -0.25) is 4.79 Å². The molecule has 1 heterocycles. The molecule has 0 saturated heterocycles. The summed E-state index contributed by atoms with van der Waals surface area (Å²) in [6, 6.07) is 0.127. The molecule has 1 aromatic rings. The highest BCUT2D eigenvalue weighted by molar-refractivity contribution is 5.93. The molecule has 0 unspecified atom stereocenters. The van der Waals surface area contributed by atoms with Gasteiger partial charge in [-0.2, -0.15) is 0 Å². The Morgan fingerprint density at radius 2 is 1.73 bits per heavy atom. The second-order valence-electron chi connectivity index (χ2n) is 4.11. The van der Waals surface area contributed by atoms with E-state index >= 15 is 0 Å². The molecule has 82 valence electrons. The third-order valence-corrected chi connectivity index (χ3v) is 1.87. The zero-order valence-electron chi connectivity index (χ0n) is 9.61. The van der Waals surface area contributed by atoms with E-state index in [0.717, 1.165) is 5.82 Å². The number of rotatable bonds is 3. The standard InChI is InChI=1S/C11H17N3O/c1-7(2)10-12-5-9(6-13-10)11(15)14-8(3)4/h5-8H,1-4H3,(H,14,15). The third-order valence-electron chi connectivity index (χ3n) is 1.87. The summed E-state index contributed by atoms with van der Waals surface area (Å²) in [5.74, 6) is 0.920. The van der Waals surface area contributed by atoms with E-state index in [-0.39, 0.29) is 17.9 Å². The summed E-state index contributed by atoms with van der Waals surface area (Å²) >= 11 is 0. The van der Waals surface area contributed by atoms with Crippen molar-refractivity contribution in [2.45, 2.75) is 39.7 Å². The quantitative estimate of drug-likeness (QED) is 0.821.